The lowest BCUT2D eigenvalue weighted by molar-refractivity contribution is -0.138. The second-order valence-corrected chi connectivity index (χ2v) is 7.75. The molecule has 0 aromatic heterocycles. The van der Waals surface area contributed by atoms with Crippen LogP contribution >= 0.6 is 0 Å². The number of sulfone groups is 1. The van der Waals surface area contributed by atoms with Crippen molar-refractivity contribution in [3.05, 3.63) is 0 Å². The van der Waals surface area contributed by atoms with Gasteiger partial charge in [-0.05, 0) is 12.8 Å². The molecule has 2 N–H and O–H groups in total. The van der Waals surface area contributed by atoms with E-state index in [0.29, 0.717) is 13.0 Å². The van der Waals surface area contributed by atoms with E-state index in [9.17, 15) is 18.3 Å². The molecule has 19 heavy (non-hydrogen) atoms. The van der Waals surface area contributed by atoms with Crippen LogP contribution in [0.2, 0.25) is 0 Å². The molecule has 2 aliphatic rings. The fraction of sp³-hybridized carbons (Fsp3) is 0.917. The van der Waals surface area contributed by atoms with Crippen molar-refractivity contribution < 1.29 is 23.4 Å². The van der Waals surface area contributed by atoms with Gasteiger partial charge in [0.05, 0.1) is 24.0 Å². The zero-order valence-electron chi connectivity index (χ0n) is 10.9. The summed E-state index contributed by atoms with van der Waals surface area (Å²) >= 11 is 0. The van der Waals surface area contributed by atoms with E-state index in [1.54, 1.807) is 0 Å². The predicted molar refractivity (Wildman–Crippen MR) is 69.7 cm³/mol. The maximum Gasteiger partial charge on any atom is 0.304 e. The smallest absolute Gasteiger partial charge is 0.304 e. The van der Waals surface area contributed by atoms with Crippen molar-refractivity contribution in [2.45, 2.75) is 50.3 Å². The first kappa shape index (κ1) is 14.7. The van der Waals surface area contributed by atoms with Gasteiger partial charge in [-0.1, -0.05) is 12.8 Å². The monoisotopic (exact) mass is 291 g/mol. The van der Waals surface area contributed by atoms with E-state index in [1.165, 1.54) is 0 Å². The minimum Gasteiger partial charge on any atom is -0.481 e. The number of nitrogens with zero attached hydrogens (tertiary/aromatic N) is 1. The van der Waals surface area contributed by atoms with Gasteiger partial charge in [0, 0.05) is 18.6 Å². The van der Waals surface area contributed by atoms with Crippen molar-refractivity contribution in [3.8, 4) is 0 Å². The molecule has 3 atom stereocenters. The second kappa shape index (κ2) is 5.76. The summed E-state index contributed by atoms with van der Waals surface area (Å²) in [6.07, 6.45) is 2.87. The van der Waals surface area contributed by atoms with Crippen LogP contribution in [0.4, 0.5) is 0 Å². The van der Waals surface area contributed by atoms with Gasteiger partial charge in [0.2, 0.25) is 0 Å². The van der Waals surface area contributed by atoms with Crippen LogP contribution in [0.5, 0.6) is 0 Å². The molecule has 1 aliphatic carbocycles. The normalized spacial score (nSPS) is 35.9. The average molecular weight is 291 g/mol. The van der Waals surface area contributed by atoms with Gasteiger partial charge in [-0.2, -0.15) is 0 Å². The Bertz CT molecular complexity index is 435. The Balaban J connectivity index is 2.14. The van der Waals surface area contributed by atoms with Gasteiger partial charge in [-0.15, -0.1) is 0 Å². The largest absolute Gasteiger partial charge is 0.481 e. The van der Waals surface area contributed by atoms with Crippen LogP contribution in [0, 0.1) is 0 Å². The third-order valence-electron chi connectivity index (χ3n) is 4.11. The second-order valence-electron chi connectivity index (χ2n) is 5.52. The summed E-state index contributed by atoms with van der Waals surface area (Å²) in [4.78, 5) is 12.8. The molecule has 0 radical (unpaired) electrons. The van der Waals surface area contributed by atoms with Gasteiger partial charge < -0.3 is 10.2 Å². The van der Waals surface area contributed by atoms with Gasteiger partial charge in [0.15, 0.2) is 9.84 Å². The van der Waals surface area contributed by atoms with Crippen LogP contribution in [-0.2, 0) is 14.6 Å². The number of aliphatic hydroxyl groups is 1. The van der Waals surface area contributed by atoms with Crippen LogP contribution in [0.3, 0.4) is 0 Å². The number of hydrogen-bond donors (Lipinski definition) is 2. The van der Waals surface area contributed by atoms with E-state index in [0.717, 1.165) is 19.3 Å². The zero-order valence-corrected chi connectivity index (χ0v) is 11.7. The fourth-order valence-corrected chi connectivity index (χ4v) is 4.74. The first-order valence-corrected chi connectivity index (χ1v) is 8.57. The Labute approximate surface area is 113 Å². The van der Waals surface area contributed by atoms with E-state index in [4.69, 9.17) is 5.11 Å². The molecule has 0 aromatic rings. The summed E-state index contributed by atoms with van der Waals surface area (Å²) in [5, 5.41) is 19.0. The quantitative estimate of drug-likeness (QED) is 0.752. The summed E-state index contributed by atoms with van der Waals surface area (Å²) in [6, 6.07) is -0.595. The molecule has 1 saturated heterocycles. The first-order chi connectivity index (χ1) is 8.89. The maximum absolute atomic E-state index is 11.7. The lowest BCUT2D eigenvalue weighted by atomic mass is 9.90. The van der Waals surface area contributed by atoms with Crippen molar-refractivity contribution in [1.82, 2.24) is 4.90 Å². The molecule has 0 amide bonds. The molecule has 0 aromatic carbocycles. The molecule has 2 rings (SSSR count). The van der Waals surface area contributed by atoms with Gasteiger partial charge in [0.25, 0.3) is 0 Å². The van der Waals surface area contributed by atoms with Crippen LogP contribution in [0.1, 0.15) is 32.1 Å². The first-order valence-electron chi connectivity index (χ1n) is 6.75. The lowest BCUT2D eigenvalue weighted by Gasteiger charge is -2.44. The standard InChI is InChI=1S/C12H21NO5S/c14-11-4-2-1-3-10(11)13-5-6-19(17,18)8-9(13)7-12(15)16/h9-11,14H,1-8H2,(H,15,16). The highest BCUT2D eigenvalue weighted by atomic mass is 32.2. The molecule has 2 fully saturated rings. The number of aliphatic hydroxyl groups excluding tert-OH is 1. The molecule has 3 unspecified atom stereocenters. The summed E-state index contributed by atoms with van der Waals surface area (Å²) < 4.78 is 23.3. The molecule has 0 spiro atoms. The Hall–Kier alpha value is -0.660. The van der Waals surface area contributed by atoms with E-state index >= 15 is 0 Å². The number of carboxylic acid groups (broad SMARTS) is 1. The number of hydrogen-bond acceptors (Lipinski definition) is 5. The minimum absolute atomic E-state index is 0.0618. The number of carbonyl (C=O) groups is 1. The Morgan fingerprint density at radius 3 is 2.58 bits per heavy atom. The van der Waals surface area contributed by atoms with Crippen LogP contribution in [0.25, 0.3) is 0 Å². The Morgan fingerprint density at radius 2 is 1.95 bits per heavy atom. The fourth-order valence-electron chi connectivity index (χ4n) is 3.19. The summed E-state index contributed by atoms with van der Waals surface area (Å²) in [7, 11) is -3.15. The summed E-state index contributed by atoms with van der Waals surface area (Å²) in [5.74, 6) is -1.04. The van der Waals surface area contributed by atoms with E-state index in [2.05, 4.69) is 0 Å². The van der Waals surface area contributed by atoms with Gasteiger partial charge >= 0.3 is 5.97 Å². The third kappa shape index (κ3) is 3.67. The summed E-state index contributed by atoms with van der Waals surface area (Å²) in [6.45, 7) is 0.335. The van der Waals surface area contributed by atoms with E-state index in [-0.39, 0.29) is 24.0 Å². The van der Waals surface area contributed by atoms with Crippen LogP contribution in [-0.4, -0.2) is 65.7 Å². The average Bonchev–Trinajstić information content (AvgIpc) is 2.29. The number of rotatable bonds is 3. The minimum atomic E-state index is -3.15. The van der Waals surface area contributed by atoms with E-state index in [1.807, 2.05) is 4.90 Å². The molecule has 1 aliphatic heterocycles. The van der Waals surface area contributed by atoms with Crippen molar-refractivity contribution >= 4 is 15.8 Å². The van der Waals surface area contributed by atoms with Crippen LogP contribution < -0.4 is 0 Å². The molecular formula is C12H21NO5S. The van der Waals surface area contributed by atoms with Gasteiger partial charge in [-0.3, -0.25) is 9.69 Å². The SMILES string of the molecule is O=C(O)CC1CS(=O)(=O)CCN1C1CCCCC1O. The highest BCUT2D eigenvalue weighted by Gasteiger charge is 2.39. The molecule has 0 bridgehead atoms. The van der Waals surface area contributed by atoms with Gasteiger partial charge in [0.1, 0.15) is 0 Å². The summed E-state index contributed by atoms with van der Waals surface area (Å²) in [5.41, 5.74) is 0. The molecule has 110 valence electrons. The van der Waals surface area contributed by atoms with Gasteiger partial charge in [-0.25, -0.2) is 8.42 Å². The molecule has 1 saturated carbocycles. The number of carboxylic acids is 1. The topological polar surface area (TPSA) is 94.9 Å². The van der Waals surface area contributed by atoms with Crippen molar-refractivity contribution in [2.24, 2.45) is 0 Å². The lowest BCUT2D eigenvalue weighted by Crippen LogP contribution is -2.57. The molecule has 6 nitrogen and oxygen atoms in total. The molecular weight excluding hydrogens is 270 g/mol. The highest BCUT2D eigenvalue weighted by molar-refractivity contribution is 7.91. The molecule has 1 heterocycles. The third-order valence-corrected chi connectivity index (χ3v) is 5.80. The van der Waals surface area contributed by atoms with Crippen molar-refractivity contribution in [3.63, 3.8) is 0 Å². The number of aliphatic carboxylic acids is 1. The zero-order chi connectivity index (χ0) is 14.0. The highest BCUT2D eigenvalue weighted by Crippen LogP contribution is 2.28. The van der Waals surface area contributed by atoms with Crippen molar-refractivity contribution in [2.75, 3.05) is 18.1 Å². The van der Waals surface area contributed by atoms with Crippen LogP contribution in [0.15, 0.2) is 0 Å². The molecule has 7 heteroatoms. The van der Waals surface area contributed by atoms with E-state index < -0.39 is 28.0 Å². The Kier molecular flexibility index (Phi) is 4.47. The van der Waals surface area contributed by atoms with Crippen molar-refractivity contribution in [1.29, 1.82) is 0 Å². The maximum atomic E-state index is 11.7. The predicted octanol–water partition coefficient (Wildman–Crippen LogP) is -0.136. The Morgan fingerprint density at radius 1 is 1.26 bits per heavy atom.